The van der Waals surface area contributed by atoms with Crippen molar-refractivity contribution >= 4 is 28.9 Å². The molecule has 0 radical (unpaired) electrons. The van der Waals surface area contributed by atoms with Gasteiger partial charge in [-0.25, -0.2) is 0 Å². The van der Waals surface area contributed by atoms with Crippen molar-refractivity contribution in [3.63, 3.8) is 0 Å². The lowest BCUT2D eigenvalue weighted by molar-refractivity contribution is 0.217. The van der Waals surface area contributed by atoms with Crippen molar-refractivity contribution in [1.29, 1.82) is 0 Å². The molecule has 0 atom stereocenters. The molecule has 2 rings (SSSR count). The van der Waals surface area contributed by atoms with E-state index in [9.17, 15) is 0 Å². The van der Waals surface area contributed by atoms with Gasteiger partial charge in [0.25, 0.3) is 0 Å². The smallest absolute Gasteiger partial charge is 0.156 e. The number of hydrogen-bond acceptors (Lipinski definition) is 3. The minimum Gasteiger partial charge on any atom is -0.490 e. The van der Waals surface area contributed by atoms with Gasteiger partial charge in [-0.15, -0.1) is 0 Å². The average molecular weight is 298 g/mol. The van der Waals surface area contributed by atoms with Crippen molar-refractivity contribution in [2.75, 3.05) is 18.9 Å². The highest BCUT2D eigenvalue weighted by atomic mass is 35.5. The van der Waals surface area contributed by atoms with Crippen LogP contribution in [0.25, 0.3) is 0 Å². The van der Waals surface area contributed by atoms with Crippen LogP contribution in [-0.2, 0) is 0 Å². The van der Waals surface area contributed by atoms with E-state index in [-0.39, 0.29) is 0 Å². The van der Waals surface area contributed by atoms with Gasteiger partial charge in [0.1, 0.15) is 19.0 Å². The summed E-state index contributed by atoms with van der Waals surface area (Å²) in [5.74, 6) is 1.18. The Morgan fingerprint density at radius 3 is 2.21 bits per heavy atom. The molecule has 2 N–H and O–H groups in total. The van der Waals surface area contributed by atoms with Crippen LogP contribution in [0, 0.1) is 0 Å². The highest BCUT2D eigenvalue weighted by Crippen LogP contribution is 2.32. The van der Waals surface area contributed by atoms with Crippen LogP contribution in [0.15, 0.2) is 42.5 Å². The molecule has 0 aliphatic carbocycles. The summed E-state index contributed by atoms with van der Waals surface area (Å²) in [6.45, 7) is 0.725. The Morgan fingerprint density at radius 1 is 0.895 bits per heavy atom. The maximum atomic E-state index is 5.98. The van der Waals surface area contributed by atoms with E-state index >= 15 is 0 Å². The topological polar surface area (TPSA) is 44.5 Å². The molecule has 0 amide bonds. The number of benzene rings is 2. The molecule has 100 valence electrons. The summed E-state index contributed by atoms with van der Waals surface area (Å²) in [4.78, 5) is 0. The molecule has 2 aromatic carbocycles. The lowest BCUT2D eigenvalue weighted by Gasteiger charge is -2.11. The predicted octanol–water partition coefficient (Wildman–Crippen LogP) is 4.03. The zero-order valence-electron chi connectivity index (χ0n) is 10.1. The second-order valence-electron chi connectivity index (χ2n) is 3.82. The Labute approximate surface area is 121 Å². The van der Waals surface area contributed by atoms with Crippen molar-refractivity contribution < 1.29 is 9.47 Å². The molecule has 0 aliphatic rings. The SMILES string of the molecule is Nc1cccc(OCCOc2c(Cl)cccc2Cl)c1. The Morgan fingerprint density at radius 2 is 1.53 bits per heavy atom. The zero-order chi connectivity index (χ0) is 13.7. The van der Waals surface area contributed by atoms with Crippen molar-refractivity contribution in [2.24, 2.45) is 0 Å². The fraction of sp³-hybridized carbons (Fsp3) is 0.143. The van der Waals surface area contributed by atoms with E-state index in [1.54, 1.807) is 30.3 Å². The van der Waals surface area contributed by atoms with E-state index in [4.69, 9.17) is 38.4 Å². The molecule has 0 bridgehead atoms. The van der Waals surface area contributed by atoms with Crippen LogP contribution >= 0.6 is 23.2 Å². The number of para-hydroxylation sites is 1. The van der Waals surface area contributed by atoms with Crippen molar-refractivity contribution in [3.8, 4) is 11.5 Å². The van der Waals surface area contributed by atoms with Gasteiger partial charge in [0.2, 0.25) is 0 Å². The van der Waals surface area contributed by atoms with Gasteiger partial charge < -0.3 is 15.2 Å². The van der Waals surface area contributed by atoms with Crippen LogP contribution in [0.2, 0.25) is 10.0 Å². The van der Waals surface area contributed by atoms with E-state index < -0.39 is 0 Å². The molecule has 19 heavy (non-hydrogen) atoms. The first-order valence-corrected chi connectivity index (χ1v) is 6.47. The Hall–Kier alpha value is -1.58. The summed E-state index contributed by atoms with van der Waals surface area (Å²) in [5.41, 5.74) is 6.31. The number of nitrogens with two attached hydrogens (primary N) is 1. The van der Waals surface area contributed by atoms with Gasteiger partial charge in [-0.05, 0) is 24.3 Å². The van der Waals surface area contributed by atoms with E-state index in [0.717, 1.165) is 0 Å². The lowest BCUT2D eigenvalue weighted by atomic mass is 10.3. The molecule has 0 fully saturated rings. The standard InChI is InChI=1S/C14H13Cl2NO2/c15-12-5-2-6-13(16)14(12)19-8-7-18-11-4-1-3-10(17)9-11/h1-6,9H,7-8,17H2. The van der Waals surface area contributed by atoms with Crippen LogP contribution in [0.1, 0.15) is 0 Å². The van der Waals surface area contributed by atoms with Gasteiger partial charge in [-0.1, -0.05) is 35.3 Å². The molecule has 0 saturated heterocycles. The van der Waals surface area contributed by atoms with Gasteiger partial charge in [-0.3, -0.25) is 0 Å². The van der Waals surface area contributed by atoms with Gasteiger partial charge >= 0.3 is 0 Å². The van der Waals surface area contributed by atoms with Crippen LogP contribution < -0.4 is 15.2 Å². The third kappa shape index (κ3) is 3.94. The molecule has 0 heterocycles. The van der Waals surface area contributed by atoms with E-state index in [0.29, 0.717) is 40.4 Å². The number of nitrogen functional groups attached to an aromatic ring is 1. The summed E-state index contributed by atoms with van der Waals surface area (Å²) in [5, 5.41) is 0.966. The number of anilines is 1. The number of rotatable bonds is 5. The summed E-state index contributed by atoms with van der Waals surface area (Å²) >= 11 is 12.0. The summed E-state index contributed by atoms with van der Waals surface area (Å²) in [6.07, 6.45) is 0. The van der Waals surface area contributed by atoms with E-state index in [1.165, 1.54) is 0 Å². The Bertz CT molecular complexity index is 541. The molecular weight excluding hydrogens is 285 g/mol. The first kappa shape index (κ1) is 13.8. The molecule has 0 aromatic heterocycles. The van der Waals surface area contributed by atoms with E-state index in [1.807, 2.05) is 12.1 Å². The van der Waals surface area contributed by atoms with Crippen molar-refractivity contribution in [2.45, 2.75) is 0 Å². The van der Waals surface area contributed by atoms with E-state index in [2.05, 4.69) is 0 Å². The van der Waals surface area contributed by atoms with Crippen LogP contribution in [0.3, 0.4) is 0 Å². The first-order chi connectivity index (χ1) is 9.16. The second-order valence-corrected chi connectivity index (χ2v) is 4.63. The molecule has 5 heteroatoms. The second kappa shape index (κ2) is 6.55. The first-order valence-electron chi connectivity index (χ1n) is 5.72. The summed E-state index contributed by atoms with van der Waals surface area (Å²) < 4.78 is 11.0. The highest BCUT2D eigenvalue weighted by molar-refractivity contribution is 6.37. The Kier molecular flexibility index (Phi) is 4.77. The highest BCUT2D eigenvalue weighted by Gasteiger charge is 2.06. The van der Waals surface area contributed by atoms with Crippen LogP contribution in [0.5, 0.6) is 11.5 Å². The zero-order valence-corrected chi connectivity index (χ0v) is 11.6. The largest absolute Gasteiger partial charge is 0.490 e. The quantitative estimate of drug-likeness (QED) is 0.669. The van der Waals surface area contributed by atoms with Gasteiger partial charge in [0.15, 0.2) is 5.75 Å². The van der Waals surface area contributed by atoms with Gasteiger partial charge in [0.05, 0.1) is 10.0 Å². The summed E-state index contributed by atoms with van der Waals surface area (Å²) in [7, 11) is 0. The molecule has 0 aliphatic heterocycles. The van der Waals surface area contributed by atoms with Gasteiger partial charge in [0, 0.05) is 11.8 Å². The number of halogens is 2. The third-order valence-electron chi connectivity index (χ3n) is 2.38. The fourth-order valence-electron chi connectivity index (χ4n) is 1.53. The Balaban J connectivity index is 1.84. The molecule has 0 spiro atoms. The number of ether oxygens (including phenoxy) is 2. The lowest BCUT2D eigenvalue weighted by Crippen LogP contribution is -2.09. The molecule has 0 saturated carbocycles. The maximum Gasteiger partial charge on any atom is 0.156 e. The van der Waals surface area contributed by atoms with Crippen LogP contribution in [0.4, 0.5) is 5.69 Å². The number of hydrogen-bond donors (Lipinski definition) is 1. The molecule has 2 aromatic rings. The monoisotopic (exact) mass is 297 g/mol. The van der Waals surface area contributed by atoms with Gasteiger partial charge in [-0.2, -0.15) is 0 Å². The molecule has 3 nitrogen and oxygen atoms in total. The minimum atomic E-state index is 0.345. The predicted molar refractivity (Wildman–Crippen MR) is 78.3 cm³/mol. The fourth-order valence-corrected chi connectivity index (χ4v) is 2.03. The third-order valence-corrected chi connectivity index (χ3v) is 2.97. The average Bonchev–Trinajstić information content (AvgIpc) is 2.37. The van der Waals surface area contributed by atoms with Crippen molar-refractivity contribution in [3.05, 3.63) is 52.5 Å². The summed E-state index contributed by atoms with van der Waals surface area (Å²) in [6, 6.07) is 12.4. The maximum absolute atomic E-state index is 5.98. The molecule has 0 unspecified atom stereocenters. The molecular formula is C14H13Cl2NO2. The van der Waals surface area contributed by atoms with Crippen molar-refractivity contribution in [1.82, 2.24) is 0 Å². The van der Waals surface area contributed by atoms with Crippen LogP contribution in [-0.4, -0.2) is 13.2 Å². The normalized spacial score (nSPS) is 10.2. The minimum absolute atomic E-state index is 0.345.